The summed E-state index contributed by atoms with van der Waals surface area (Å²) in [4.78, 5) is 4.50. The summed E-state index contributed by atoms with van der Waals surface area (Å²) in [7, 11) is 0. The molecule has 0 fully saturated rings. The van der Waals surface area contributed by atoms with Crippen LogP contribution < -0.4 is 5.73 Å². The third-order valence-electron chi connectivity index (χ3n) is 3.06. The predicted octanol–water partition coefficient (Wildman–Crippen LogP) is 5.56. The summed E-state index contributed by atoms with van der Waals surface area (Å²) < 4.78 is 39.9. The Morgan fingerprint density at radius 2 is 1.78 bits per heavy atom. The number of aromatic nitrogens is 1. The van der Waals surface area contributed by atoms with Gasteiger partial charge in [0.15, 0.2) is 4.34 Å². The van der Waals surface area contributed by atoms with E-state index in [9.17, 15) is 13.2 Å². The largest absolute Gasteiger partial charge is 0.417 e. The number of thiazole rings is 1. The van der Waals surface area contributed by atoms with Gasteiger partial charge in [-0.05, 0) is 18.2 Å². The molecule has 0 saturated carbocycles. The van der Waals surface area contributed by atoms with E-state index in [1.54, 1.807) is 0 Å². The van der Waals surface area contributed by atoms with Crippen molar-refractivity contribution in [3.8, 4) is 11.3 Å². The Morgan fingerprint density at radius 1 is 1.04 bits per heavy atom. The van der Waals surface area contributed by atoms with Gasteiger partial charge in [-0.2, -0.15) is 13.2 Å². The van der Waals surface area contributed by atoms with Crippen molar-refractivity contribution in [2.24, 2.45) is 0 Å². The Kier molecular flexibility index (Phi) is 4.32. The first-order valence-electron chi connectivity index (χ1n) is 6.59. The van der Waals surface area contributed by atoms with Gasteiger partial charge in [0, 0.05) is 21.5 Å². The standard InChI is InChI=1S/C16H11F3N2S2/c17-16(18,19)12-8-11(20)6-7-14(12)23-15-21-13(9-22-15)10-4-2-1-3-5-10/h1-9H,20H2. The van der Waals surface area contributed by atoms with Crippen molar-refractivity contribution in [1.29, 1.82) is 0 Å². The van der Waals surface area contributed by atoms with Crippen molar-refractivity contribution in [2.45, 2.75) is 15.4 Å². The van der Waals surface area contributed by atoms with Crippen molar-refractivity contribution < 1.29 is 13.2 Å². The van der Waals surface area contributed by atoms with Crippen LogP contribution in [-0.2, 0) is 6.18 Å². The molecule has 0 unspecified atom stereocenters. The van der Waals surface area contributed by atoms with E-state index in [0.29, 0.717) is 4.34 Å². The molecule has 0 radical (unpaired) electrons. The first-order chi connectivity index (χ1) is 10.9. The molecular formula is C16H11F3N2S2. The third-order valence-corrected chi connectivity index (χ3v) is 5.07. The first kappa shape index (κ1) is 15.9. The van der Waals surface area contributed by atoms with Crippen LogP contribution in [0.2, 0.25) is 0 Å². The molecule has 0 amide bonds. The third kappa shape index (κ3) is 3.68. The van der Waals surface area contributed by atoms with Crippen molar-refractivity contribution >= 4 is 28.8 Å². The van der Waals surface area contributed by atoms with E-state index in [1.807, 2.05) is 35.7 Å². The second-order valence-electron chi connectivity index (χ2n) is 4.72. The number of nitrogens with zero attached hydrogens (tertiary/aromatic N) is 1. The molecule has 0 saturated heterocycles. The van der Waals surface area contributed by atoms with Crippen LogP contribution in [0.5, 0.6) is 0 Å². The van der Waals surface area contributed by atoms with Gasteiger partial charge in [-0.3, -0.25) is 0 Å². The summed E-state index contributed by atoms with van der Waals surface area (Å²) in [5.41, 5.74) is 6.51. The highest BCUT2D eigenvalue weighted by atomic mass is 32.2. The van der Waals surface area contributed by atoms with Crippen LogP contribution in [0.1, 0.15) is 5.56 Å². The number of anilines is 1. The molecule has 23 heavy (non-hydrogen) atoms. The maximum atomic E-state index is 13.1. The Bertz CT molecular complexity index is 814. The van der Waals surface area contributed by atoms with E-state index in [0.717, 1.165) is 29.1 Å². The number of nitrogen functional groups attached to an aromatic ring is 1. The molecule has 1 heterocycles. The Balaban J connectivity index is 1.90. The van der Waals surface area contributed by atoms with Crippen molar-refractivity contribution in [1.82, 2.24) is 4.98 Å². The van der Waals surface area contributed by atoms with Crippen molar-refractivity contribution in [3.05, 3.63) is 59.5 Å². The minimum absolute atomic E-state index is 0.0887. The van der Waals surface area contributed by atoms with Crippen LogP contribution in [0.3, 0.4) is 0 Å². The van der Waals surface area contributed by atoms with E-state index in [2.05, 4.69) is 4.98 Å². The molecule has 0 aliphatic rings. The lowest BCUT2D eigenvalue weighted by Gasteiger charge is -2.12. The summed E-state index contributed by atoms with van der Waals surface area (Å²) >= 11 is 2.31. The lowest BCUT2D eigenvalue weighted by atomic mass is 10.2. The maximum absolute atomic E-state index is 13.1. The molecule has 3 aromatic rings. The van der Waals surface area contributed by atoms with Gasteiger partial charge < -0.3 is 5.73 Å². The number of hydrogen-bond acceptors (Lipinski definition) is 4. The summed E-state index contributed by atoms with van der Waals surface area (Å²) in [6.07, 6.45) is -4.45. The number of alkyl halides is 3. The van der Waals surface area contributed by atoms with Gasteiger partial charge >= 0.3 is 6.18 Å². The number of halogens is 3. The Hall–Kier alpha value is -1.99. The number of benzene rings is 2. The smallest absolute Gasteiger partial charge is 0.399 e. The van der Waals surface area contributed by atoms with Crippen LogP contribution in [0.25, 0.3) is 11.3 Å². The SMILES string of the molecule is Nc1ccc(Sc2nc(-c3ccccc3)cs2)c(C(F)(F)F)c1. The van der Waals surface area contributed by atoms with Crippen LogP contribution in [-0.4, -0.2) is 4.98 Å². The fourth-order valence-electron chi connectivity index (χ4n) is 2.00. The lowest BCUT2D eigenvalue weighted by molar-refractivity contribution is -0.139. The van der Waals surface area contributed by atoms with Gasteiger partial charge in [0.05, 0.1) is 11.3 Å². The van der Waals surface area contributed by atoms with Gasteiger partial charge in [0.2, 0.25) is 0 Å². The van der Waals surface area contributed by atoms with Crippen LogP contribution in [0.4, 0.5) is 18.9 Å². The average Bonchev–Trinajstić information content (AvgIpc) is 2.97. The summed E-state index contributed by atoms with van der Waals surface area (Å²) in [5, 5.41) is 1.84. The molecule has 0 atom stereocenters. The zero-order chi connectivity index (χ0) is 16.4. The minimum atomic E-state index is -4.45. The highest BCUT2D eigenvalue weighted by Crippen LogP contribution is 2.41. The molecule has 0 spiro atoms. The van der Waals surface area contributed by atoms with E-state index in [-0.39, 0.29) is 10.6 Å². The normalized spacial score (nSPS) is 11.6. The van der Waals surface area contributed by atoms with Gasteiger partial charge in [-0.25, -0.2) is 4.98 Å². The van der Waals surface area contributed by atoms with E-state index >= 15 is 0 Å². The molecule has 2 N–H and O–H groups in total. The maximum Gasteiger partial charge on any atom is 0.417 e. The molecule has 0 aliphatic heterocycles. The topological polar surface area (TPSA) is 38.9 Å². The molecular weight excluding hydrogens is 341 g/mol. The molecule has 2 aromatic carbocycles. The van der Waals surface area contributed by atoms with Crippen molar-refractivity contribution in [2.75, 3.05) is 5.73 Å². The predicted molar refractivity (Wildman–Crippen MR) is 87.5 cm³/mol. The quantitative estimate of drug-likeness (QED) is 0.627. The Morgan fingerprint density at radius 3 is 2.48 bits per heavy atom. The van der Waals surface area contributed by atoms with Gasteiger partial charge in [-0.1, -0.05) is 42.1 Å². The lowest BCUT2D eigenvalue weighted by Crippen LogP contribution is -2.07. The number of nitrogens with two attached hydrogens (primary N) is 1. The van der Waals surface area contributed by atoms with Crippen LogP contribution in [0, 0.1) is 0 Å². The molecule has 1 aromatic heterocycles. The summed E-state index contributed by atoms with van der Waals surface area (Å²) in [5.74, 6) is 0. The fraction of sp³-hybridized carbons (Fsp3) is 0.0625. The molecule has 7 heteroatoms. The first-order valence-corrected chi connectivity index (χ1v) is 8.28. The second kappa shape index (κ2) is 6.25. The highest BCUT2D eigenvalue weighted by Gasteiger charge is 2.34. The monoisotopic (exact) mass is 352 g/mol. The number of rotatable bonds is 3. The molecule has 3 rings (SSSR count). The van der Waals surface area contributed by atoms with Gasteiger partial charge in [0.25, 0.3) is 0 Å². The summed E-state index contributed by atoms with van der Waals surface area (Å²) in [6.45, 7) is 0. The summed E-state index contributed by atoms with van der Waals surface area (Å²) in [6, 6.07) is 13.3. The van der Waals surface area contributed by atoms with Crippen LogP contribution in [0.15, 0.2) is 63.1 Å². The molecule has 2 nitrogen and oxygen atoms in total. The molecule has 0 bridgehead atoms. The molecule has 118 valence electrons. The average molecular weight is 352 g/mol. The molecule has 0 aliphatic carbocycles. The Labute approximate surface area is 139 Å². The zero-order valence-electron chi connectivity index (χ0n) is 11.7. The minimum Gasteiger partial charge on any atom is -0.399 e. The van der Waals surface area contributed by atoms with E-state index < -0.39 is 11.7 Å². The van der Waals surface area contributed by atoms with Crippen LogP contribution >= 0.6 is 23.1 Å². The second-order valence-corrected chi connectivity index (χ2v) is 6.87. The highest BCUT2D eigenvalue weighted by molar-refractivity contribution is 8.01. The van der Waals surface area contributed by atoms with Crippen molar-refractivity contribution in [3.63, 3.8) is 0 Å². The number of hydrogen-bond donors (Lipinski definition) is 1. The van der Waals surface area contributed by atoms with E-state index in [1.165, 1.54) is 23.5 Å². The zero-order valence-corrected chi connectivity index (χ0v) is 13.3. The van der Waals surface area contributed by atoms with Gasteiger partial charge in [0.1, 0.15) is 0 Å². The fourth-order valence-corrected chi connectivity index (χ4v) is 3.91. The van der Waals surface area contributed by atoms with E-state index in [4.69, 9.17) is 5.73 Å². The van der Waals surface area contributed by atoms with Gasteiger partial charge in [-0.15, -0.1) is 11.3 Å².